The largest absolute Gasteiger partial charge is 0.442 e. The number of carbonyl (C=O) groups is 1. The number of aromatic nitrogens is 2. The Labute approximate surface area is 114 Å². The topological polar surface area (TPSA) is 77.1 Å². The zero-order valence-corrected chi connectivity index (χ0v) is 11.6. The van der Waals surface area contributed by atoms with Gasteiger partial charge in [0.05, 0.1) is 6.54 Å². The van der Waals surface area contributed by atoms with Crippen LogP contribution in [0.1, 0.15) is 30.5 Å². The number of carbonyl (C=O) groups excluding carboxylic acids is 1. The Hall–Kier alpha value is -1.89. The zero-order valence-electron chi connectivity index (χ0n) is 10.8. The molecule has 0 atom stereocenters. The van der Waals surface area contributed by atoms with E-state index in [4.69, 9.17) is 0 Å². The summed E-state index contributed by atoms with van der Waals surface area (Å²) in [5, 5.41) is 8.38. The number of amides is 1. The van der Waals surface area contributed by atoms with Crippen LogP contribution in [0, 0.1) is 0 Å². The summed E-state index contributed by atoms with van der Waals surface area (Å²) in [6, 6.07) is 3.86. The molecular weight excluding hydrogens is 266 g/mol. The molecule has 0 radical (unpaired) electrons. The van der Waals surface area contributed by atoms with Gasteiger partial charge in [-0.05, 0) is 11.4 Å². The fourth-order valence-corrected chi connectivity index (χ4v) is 2.28. The van der Waals surface area contributed by atoms with Crippen molar-refractivity contribution in [1.29, 1.82) is 0 Å². The third-order valence-corrected chi connectivity index (χ3v) is 3.45. The molecule has 2 rings (SSSR count). The summed E-state index contributed by atoms with van der Waals surface area (Å²) in [7, 11) is 0. The van der Waals surface area contributed by atoms with Gasteiger partial charge < -0.3 is 5.32 Å². The summed E-state index contributed by atoms with van der Waals surface area (Å²) in [6.07, 6.45) is 0. The van der Waals surface area contributed by atoms with Crippen molar-refractivity contribution in [2.45, 2.75) is 32.9 Å². The standard InChI is InChI=1S/C12H15N3O3S/c1-8(2)11-14-18-12(17)15(11)7-10(16)13-6-9-4-3-5-19-9/h3-5,8H,6-7H2,1-2H3,(H,13,16). The number of thiophene rings is 1. The normalized spacial score (nSPS) is 10.9. The second-order valence-corrected chi connectivity index (χ2v) is 5.44. The molecule has 0 fully saturated rings. The Morgan fingerprint density at radius 3 is 3.00 bits per heavy atom. The molecule has 0 saturated carbocycles. The lowest BCUT2D eigenvalue weighted by molar-refractivity contribution is -0.121. The summed E-state index contributed by atoms with van der Waals surface area (Å²) in [4.78, 5) is 24.3. The molecule has 0 bridgehead atoms. The van der Waals surface area contributed by atoms with E-state index in [0.717, 1.165) is 4.88 Å². The Balaban J connectivity index is 1.99. The predicted molar refractivity (Wildman–Crippen MR) is 71.0 cm³/mol. The van der Waals surface area contributed by atoms with E-state index in [1.54, 1.807) is 11.3 Å². The first-order valence-electron chi connectivity index (χ1n) is 5.93. The molecule has 1 N–H and O–H groups in total. The average molecular weight is 281 g/mol. The Morgan fingerprint density at radius 1 is 1.58 bits per heavy atom. The third kappa shape index (κ3) is 3.31. The predicted octanol–water partition coefficient (Wildman–Crippen LogP) is 1.34. The molecule has 0 aliphatic heterocycles. The van der Waals surface area contributed by atoms with Crippen molar-refractivity contribution in [3.8, 4) is 0 Å². The van der Waals surface area contributed by atoms with Crippen LogP contribution in [0.3, 0.4) is 0 Å². The van der Waals surface area contributed by atoms with Gasteiger partial charge in [0.2, 0.25) is 5.91 Å². The van der Waals surface area contributed by atoms with E-state index in [1.807, 2.05) is 31.4 Å². The van der Waals surface area contributed by atoms with Crippen LogP contribution in [0.2, 0.25) is 0 Å². The summed E-state index contributed by atoms with van der Waals surface area (Å²) in [6.45, 7) is 4.17. The highest BCUT2D eigenvalue weighted by Gasteiger charge is 2.16. The molecule has 0 aromatic carbocycles. The van der Waals surface area contributed by atoms with Crippen molar-refractivity contribution in [2.75, 3.05) is 0 Å². The van der Waals surface area contributed by atoms with Gasteiger partial charge in [-0.1, -0.05) is 25.1 Å². The van der Waals surface area contributed by atoms with Gasteiger partial charge in [0.15, 0.2) is 5.82 Å². The van der Waals surface area contributed by atoms with Crippen molar-refractivity contribution < 1.29 is 9.32 Å². The van der Waals surface area contributed by atoms with Crippen molar-refractivity contribution in [2.24, 2.45) is 0 Å². The molecule has 2 aromatic heterocycles. The van der Waals surface area contributed by atoms with Crippen LogP contribution in [-0.4, -0.2) is 15.6 Å². The van der Waals surface area contributed by atoms with E-state index in [2.05, 4.69) is 15.0 Å². The SMILES string of the molecule is CC(C)c1noc(=O)n1CC(=O)NCc1cccs1. The molecule has 0 unspecified atom stereocenters. The average Bonchev–Trinajstić information content (AvgIpc) is 2.98. The van der Waals surface area contributed by atoms with Gasteiger partial charge in [-0.3, -0.25) is 13.9 Å². The van der Waals surface area contributed by atoms with Gasteiger partial charge in [0.1, 0.15) is 6.54 Å². The fraction of sp³-hybridized carbons (Fsp3) is 0.417. The summed E-state index contributed by atoms with van der Waals surface area (Å²) in [5.74, 6) is -0.330. The second-order valence-electron chi connectivity index (χ2n) is 4.40. The van der Waals surface area contributed by atoms with Crippen molar-refractivity contribution in [1.82, 2.24) is 15.0 Å². The summed E-state index contributed by atoms with van der Waals surface area (Å²) >= 11 is 1.57. The minimum atomic E-state index is -0.602. The van der Waals surface area contributed by atoms with E-state index in [0.29, 0.717) is 12.4 Å². The number of hydrogen-bond donors (Lipinski definition) is 1. The lowest BCUT2D eigenvalue weighted by Crippen LogP contribution is -2.31. The monoisotopic (exact) mass is 281 g/mol. The minimum Gasteiger partial charge on any atom is -0.350 e. The summed E-state index contributed by atoms with van der Waals surface area (Å²) in [5.41, 5.74) is 0. The van der Waals surface area contributed by atoms with Gasteiger partial charge in [0, 0.05) is 10.8 Å². The van der Waals surface area contributed by atoms with Crippen LogP contribution in [0.15, 0.2) is 26.8 Å². The van der Waals surface area contributed by atoms with Crippen molar-refractivity contribution in [3.63, 3.8) is 0 Å². The van der Waals surface area contributed by atoms with Gasteiger partial charge in [-0.15, -0.1) is 11.3 Å². The van der Waals surface area contributed by atoms with Gasteiger partial charge in [-0.2, -0.15) is 0 Å². The maximum atomic E-state index is 11.8. The molecule has 7 heteroatoms. The van der Waals surface area contributed by atoms with E-state index >= 15 is 0 Å². The van der Waals surface area contributed by atoms with Gasteiger partial charge in [0.25, 0.3) is 0 Å². The molecule has 1 amide bonds. The fourth-order valence-electron chi connectivity index (χ4n) is 1.64. The van der Waals surface area contributed by atoms with Crippen LogP contribution in [0.25, 0.3) is 0 Å². The van der Waals surface area contributed by atoms with Gasteiger partial charge in [-0.25, -0.2) is 4.79 Å². The van der Waals surface area contributed by atoms with Crippen LogP contribution >= 0.6 is 11.3 Å². The number of hydrogen-bond acceptors (Lipinski definition) is 5. The van der Waals surface area contributed by atoms with Crippen LogP contribution in [0.5, 0.6) is 0 Å². The highest BCUT2D eigenvalue weighted by atomic mass is 32.1. The Bertz CT molecular complexity index is 598. The Kier molecular flexibility index (Phi) is 4.16. The molecule has 0 saturated heterocycles. The quantitative estimate of drug-likeness (QED) is 0.897. The molecule has 2 aromatic rings. The highest BCUT2D eigenvalue weighted by molar-refractivity contribution is 7.09. The molecule has 0 spiro atoms. The Morgan fingerprint density at radius 2 is 2.37 bits per heavy atom. The van der Waals surface area contributed by atoms with Crippen LogP contribution < -0.4 is 11.1 Å². The van der Waals surface area contributed by atoms with Crippen LogP contribution in [-0.2, 0) is 17.9 Å². The number of nitrogens with one attached hydrogen (secondary N) is 1. The van der Waals surface area contributed by atoms with E-state index < -0.39 is 5.76 Å². The highest BCUT2D eigenvalue weighted by Crippen LogP contribution is 2.09. The molecule has 6 nitrogen and oxygen atoms in total. The van der Waals surface area contributed by atoms with Crippen molar-refractivity contribution in [3.05, 3.63) is 38.8 Å². The lowest BCUT2D eigenvalue weighted by Gasteiger charge is -2.07. The first-order chi connectivity index (χ1) is 9.08. The first-order valence-corrected chi connectivity index (χ1v) is 6.81. The summed E-state index contributed by atoms with van der Waals surface area (Å²) < 4.78 is 5.85. The maximum absolute atomic E-state index is 11.8. The third-order valence-electron chi connectivity index (χ3n) is 2.57. The second kappa shape index (κ2) is 5.83. The molecular formula is C12H15N3O3S. The van der Waals surface area contributed by atoms with Crippen molar-refractivity contribution >= 4 is 17.2 Å². The lowest BCUT2D eigenvalue weighted by atomic mass is 10.2. The maximum Gasteiger partial charge on any atom is 0.442 e. The van der Waals surface area contributed by atoms with E-state index in [-0.39, 0.29) is 18.4 Å². The first kappa shape index (κ1) is 13.5. The molecule has 19 heavy (non-hydrogen) atoms. The minimum absolute atomic E-state index is 0.0246. The number of rotatable bonds is 5. The number of nitrogens with zero attached hydrogens (tertiary/aromatic N) is 2. The molecule has 2 heterocycles. The molecule has 0 aliphatic rings. The molecule has 0 aliphatic carbocycles. The van der Waals surface area contributed by atoms with Gasteiger partial charge >= 0.3 is 5.76 Å². The zero-order chi connectivity index (χ0) is 13.8. The molecule has 102 valence electrons. The van der Waals surface area contributed by atoms with E-state index in [1.165, 1.54) is 4.57 Å². The smallest absolute Gasteiger partial charge is 0.350 e. The van der Waals surface area contributed by atoms with Crippen LogP contribution in [0.4, 0.5) is 0 Å². The van der Waals surface area contributed by atoms with E-state index in [9.17, 15) is 9.59 Å².